The van der Waals surface area contributed by atoms with Crippen molar-refractivity contribution in [3.63, 3.8) is 0 Å². The number of hydrogen-bond donors (Lipinski definition) is 1. The van der Waals surface area contributed by atoms with Gasteiger partial charge in [-0.1, -0.05) is 11.6 Å². The molecule has 0 unspecified atom stereocenters. The van der Waals surface area contributed by atoms with E-state index in [2.05, 4.69) is 7.05 Å². The normalized spacial score (nSPS) is 15.2. The quantitative estimate of drug-likeness (QED) is 0.592. The Morgan fingerprint density at radius 1 is 1.38 bits per heavy atom. The number of hydrogen-bond acceptors (Lipinski definition) is 4. The molecule has 0 radical (unpaired) electrons. The Hall–Kier alpha value is -2.19. The summed E-state index contributed by atoms with van der Waals surface area (Å²) in [6.45, 7) is 3.07. The Morgan fingerprint density at radius 3 is 2.54 bits per heavy atom. The van der Waals surface area contributed by atoms with Crippen LogP contribution in [-0.2, 0) is 4.79 Å². The van der Waals surface area contributed by atoms with E-state index in [1.165, 1.54) is 29.0 Å². The number of benzene rings is 1. The maximum atomic E-state index is 12.4. The molecule has 0 spiro atoms. The van der Waals surface area contributed by atoms with E-state index in [4.69, 9.17) is 11.6 Å². The molecule has 1 aromatic rings. The second-order valence-corrected chi connectivity index (χ2v) is 6.33. The van der Waals surface area contributed by atoms with Crippen molar-refractivity contribution >= 4 is 29.1 Å². The number of carbonyl (C=O) groups is 2. The third kappa shape index (κ3) is 4.21. The van der Waals surface area contributed by atoms with Crippen LogP contribution in [0.3, 0.4) is 0 Å². The molecule has 1 saturated heterocycles. The predicted octanol–water partition coefficient (Wildman–Crippen LogP) is -0.323. The molecule has 1 aromatic carbocycles. The van der Waals surface area contributed by atoms with Gasteiger partial charge in [0.25, 0.3) is 11.6 Å². The van der Waals surface area contributed by atoms with Crippen LogP contribution < -0.4 is 4.90 Å². The van der Waals surface area contributed by atoms with Crippen molar-refractivity contribution in [1.82, 2.24) is 9.80 Å². The van der Waals surface area contributed by atoms with Crippen LogP contribution in [0, 0.1) is 10.1 Å². The van der Waals surface area contributed by atoms with Crippen molar-refractivity contribution < 1.29 is 19.4 Å². The predicted molar refractivity (Wildman–Crippen MR) is 88.3 cm³/mol. The molecule has 0 saturated carbocycles. The summed E-state index contributed by atoms with van der Waals surface area (Å²) in [4.78, 5) is 39.2. The molecule has 0 atom stereocenters. The third-order valence-electron chi connectivity index (χ3n) is 4.08. The van der Waals surface area contributed by atoms with Crippen LogP contribution in [0.5, 0.6) is 0 Å². The maximum Gasteiger partial charge on any atom is 0.270 e. The molecule has 1 aliphatic rings. The Bertz CT molecular complexity index is 659. The van der Waals surface area contributed by atoms with Crippen molar-refractivity contribution in [3.8, 4) is 0 Å². The molecule has 1 fully saturated rings. The third-order valence-corrected chi connectivity index (χ3v) is 4.40. The zero-order chi connectivity index (χ0) is 17.9. The fraction of sp³-hybridized carbons (Fsp3) is 0.467. The molecule has 130 valence electrons. The summed E-state index contributed by atoms with van der Waals surface area (Å²) in [6.07, 6.45) is 0. The number of piperazine rings is 1. The molecule has 0 aliphatic carbocycles. The number of quaternary nitrogens is 1. The lowest BCUT2D eigenvalue weighted by Gasteiger charge is -2.31. The minimum absolute atomic E-state index is 0.00306. The van der Waals surface area contributed by atoms with Crippen LogP contribution >= 0.6 is 11.6 Å². The van der Waals surface area contributed by atoms with E-state index in [0.717, 1.165) is 19.2 Å². The highest BCUT2D eigenvalue weighted by Gasteiger charge is 2.25. The standard InChI is InChI=1S/C15H19ClN4O4/c1-17-5-7-19(8-6-17)14(21)10-18(2)15(22)12-4-3-11(20(23)24)9-13(12)16/h3-4,9H,5-8,10H2,1-2H3/p+1. The van der Waals surface area contributed by atoms with Crippen molar-refractivity contribution in [2.24, 2.45) is 0 Å². The molecule has 24 heavy (non-hydrogen) atoms. The lowest BCUT2D eigenvalue weighted by atomic mass is 10.2. The summed E-state index contributed by atoms with van der Waals surface area (Å²) in [5.41, 5.74) is -0.0457. The maximum absolute atomic E-state index is 12.4. The van der Waals surface area contributed by atoms with Crippen LogP contribution in [-0.4, -0.2) is 73.4 Å². The Kier molecular flexibility index (Phi) is 5.74. The van der Waals surface area contributed by atoms with E-state index in [0.29, 0.717) is 13.1 Å². The average molecular weight is 356 g/mol. The minimum atomic E-state index is -0.581. The Balaban J connectivity index is 2.01. The molecule has 8 nitrogen and oxygen atoms in total. The molecule has 1 N–H and O–H groups in total. The lowest BCUT2D eigenvalue weighted by Crippen LogP contribution is -3.12. The molecule has 0 bridgehead atoms. The number of nitrogens with one attached hydrogen (secondary N) is 1. The molecular formula is C15H20ClN4O4+. The van der Waals surface area contributed by atoms with E-state index in [1.54, 1.807) is 4.90 Å². The molecule has 1 heterocycles. The van der Waals surface area contributed by atoms with Crippen molar-refractivity contribution in [2.45, 2.75) is 0 Å². The van der Waals surface area contributed by atoms with E-state index in [1.807, 2.05) is 0 Å². The molecule has 2 amide bonds. The Morgan fingerprint density at radius 2 is 2.00 bits per heavy atom. The van der Waals surface area contributed by atoms with E-state index in [-0.39, 0.29) is 28.7 Å². The number of rotatable bonds is 4. The van der Waals surface area contributed by atoms with Crippen LogP contribution in [0.15, 0.2) is 18.2 Å². The molecule has 1 aliphatic heterocycles. The van der Waals surface area contributed by atoms with Gasteiger partial charge in [0, 0.05) is 19.2 Å². The van der Waals surface area contributed by atoms with Gasteiger partial charge in [0.05, 0.1) is 55.3 Å². The number of non-ortho nitro benzene ring substituents is 1. The monoisotopic (exact) mass is 355 g/mol. The highest BCUT2D eigenvalue weighted by atomic mass is 35.5. The van der Waals surface area contributed by atoms with Crippen molar-refractivity contribution in [1.29, 1.82) is 0 Å². The van der Waals surface area contributed by atoms with Gasteiger partial charge in [-0.15, -0.1) is 0 Å². The fourth-order valence-corrected chi connectivity index (χ4v) is 2.76. The van der Waals surface area contributed by atoms with Gasteiger partial charge in [0.2, 0.25) is 5.91 Å². The largest absolute Gasteiger partial charge is 0.334 e. The van der Waals surface area contributed by atoms with Crippen LogP contribution in [0.25, 0.3) is 0 Å². The summed E-state index contributed by atoms with van der Waals surface area (Å²) < 4.78 is 0. The summed E-state index contributed by atoms with van der Waals surface area (Å²) in [5, 5.41) is 10.7. The number of nitrogens with zero attached hydrogens (tertiary/aromatic N) is 3. The van der Waals surface area contributed by atoms with Gasteiger partial charge in [-0.3, -0.25) is 19.7 Å². The van der Waals surface area contributed by atoms with Gasteiger partial charge >= 0.3 is 0 Å². The van der Waals surface area contributed by atoms with E-state index < -0.39 is 10.8 Å². The van der Waals surface area contributed by atoms with Gasteiger partial charge in [0.15, 0.2) is 0 Å². The minimum Gasteiger partial charge on any atom is -0.334 e. The van der Waals surface area contributed by atoms with Crippen LogP contribution in [0.2, 0.25) is 5.02 Å². The van der Waals surface area contributed by atoms with Crippen LogP contribution in [0.1, 0.15) is 10.4 Å². The molecular weight excluding hydrogens is 336 g/mol. The first-order valence-electron chi connectivity index (χ1n) is 7.58. The van der Waals surface area contributed by atoms with Gasteiger partial charge in [-0.05, 0) is 6.07 Å². The molecule has 0 aromatic heterocycles. The van der Waals surface area contributed by atoms with Gasteiger partial charge < -0.3 is 14.7 Å². The van der Waals surface area contributed by atoms with Crippen molar-refractivity contribution in [2.75, 3.05) is 46.8 Å². The van der Waals surface area contributed by atoms with Crippen molar-refractivity contribution in [3.05, 3.63) is 38.9 Å². The highest BCUT2D eigenvalue weighted by Crippen LogP contribution is 2.23. The number of halogens is 1. The molecule has 9 heteroatoms. The van der Waals surface area contributed by atoms with Gasteiger partial charge in [-0.2, -0.15) is 0 Å². The fourth-order valence-electron chi connectivity index (χ4n) is 2.51. The second kappa shape index (κ2) is 7.59. The number of nitro benzene ring substituents is 1. The SMILES string of the molecule is CN(CC(=O)N1CC[NH+](C)CC1)C(=O)c1ccc([N+](=O)[O-])cc1Cl. The van der Waals surface area contributed by atoms with Gasteiger partial charge in [0.1, 0.15) is 0 Å². The lowest BCUT2D eigenvalue weighted by molar-refractivity contribution is -0.883. The van der Waals surface area contributed by atoms with Crippen LogP contribution in [0.4, 0.5) is 5.69 Å². The van der Waals surface area contributed by atoms with Gasteiger partial charge in [-0.25, -0.2) is 0 Å². The molecule has 2 rings (SSSR count). The number of carbonyl (C=O) groups excluding carboxylic acids is 2. The number of nitro groups is 1. The highest BCUT2D eigenvalue weighted by molar-refractivity contribution is 6.34. The summed E-state index contributed by atoms with van der Waals surface area (Å²) in [5.74, 6) is -0.556. The van der Waals surface area contributed by atoms with E-state index >= 15 is 0 Å². The summed E-state index contributed by atoms with van der Waals surface area (Å²) in [7, 11) is 3.59. The summed E-state index contributed by atoms with van der Waals surface area (Å²) in [6, 6.07) is 3.66. The zero-order valence-corrected chi connectivity index (χ0v) is 14.4. The van der Waals surface area contributed by atoms with E-state index in [9.17, 15) is 19.7 Å². The second-order valence-electron chi connectivity index (χ2n) is 5.92. The first kappa shape index (κ1) is 18.2. The average Bonchev–Trinajstić information content (AvgIpc) is 2.54. The zero-order valence-electron chi connectivity index (χ0n) is 13.6. The Labute approximate surface area is 144 Å². The first-order chi connectivity index (χ1) is 11.3. The smallest absolute Gasteiger partial charge is 0.270 e. The topological polar surface area (TPSA) is 88.2 Å². The summed E-state index contributed by atoms with van der Waals surface area (Å²) >= 11 is 5.96. The number of amides is 2. The number of likely N-dealkylation sites (N-methyl/N-ethyl adjacent to an activating group) is 2. The first-order valence-corrected chi connectivity index (χ1v) is 7.96.